The Kier molecular flexibility index (Phi) is 12.8. The molecule has 3 nitrogen and oxygen atoms in total. The molecular formula is C31H25Fe2N3. The molecule has 0 fully saturated rings. The molecule has 0 saturated heterocycles. The SMILES string of the molecule is C(#Cc1c(-[c-]2cccc2)nnn1C[c-]1cccc1)c1ccccc1.[Fe+2].[Fe+2].c1cc[cH-]c1.c1cc[cH-]c1. The Morgan fingerprint density at radius 2 is 1.22 bits per heavy atom. The first-order chi connectivity index (χ1) is 16.9. The topological polar surface area (TPSA) is 30.7 Å². The van der Waals surface area contributed by atoms with Gasteiger partial charge in [0.25, 0.3) is 0 Å². The van der Waals surface area contributed by atoms with Crippen LogP contribution in [0.25, 0.3) is 11.3 Å². The summed E-state index contributed by atoms with van der Waals surface area (Å²) >= 11 is 0. The molecule has 0 spiro atoms. The molecule has 0 amide bonds. The van der Waals surface area contributed by atoms with Crippen molar-refractivity contribution in [1.82, 2.24) is 15.0 Å². The fourth-order valence-electron chi connectivity index (χ4n) is 3.26. The van der Waals surface area contributed by atoms with E-state index >= 15 is 0 Å². The van der Waals surface area contributed by atoms with Crippen LogP contribution >= 0.6 is 0 Å². The second kappa shape index (κ2) is 16.1. The van der Waals surface area contributed by atoms with Crippen molar-refractivity contribution in [3.8, 4) is 23.1 Å². The van der Waals surface area contributed by atoms with Crippen molar-refractivity contribution < 1.29 is 34.1 Å². The molecule has 5 aromatic carbocycles. The summed E-state index contributed by atoms with van der Waals surface area (Å²) in [6, 6.07) is 46.2. The number of hydrogen-bond donors (Lipinski definition) is 0. The maximum Gasteiger partial charge on any atom is 2.00 e. The molecule has 1 aromatic heterocycles. The second-order valence-corrected chi connectivity index (χ2v) is 7.45. The third-order valence-corrected chi connectivity index (χ3v) is 4.95. The summed E-state index contributed by atoms with van der Waals surface area (Å²) in [5.41, 5.74) is 4.88. The van der Waals surface area contributed by atoms with Gasteiger partial charge >= 0.3 is 34.1 Å². The van der Waals surface area contributed by atoms with E-state index in [9.17, 15) is 0 Å². The minimum absolute atomic E-state index is 0. The van der Waals surface area contributed by atoms with Crippen molar-refractivity contribution >= 4 is 0 Å². The van der Waals surface area contributed by atoms with E-state index in [4.69, 9.17) is 0 Å². The molecule has 0 atom stereocenters. The fourth-order valence-corrected chi connectivity index (χ4v) is 3.26. The zero-order chi connectivity index (χ0) is 23.3. The van der Waals surface area contributed by atoms with Crippen molar-refractivity contribution in [3.63, 3.8) is 0 Å². The monoisotopic (exact) mass is 551 g/mol. The molecule has 0 N–H and O–H groups in total. The fraction of sp³-hybridized carbons (Fsp3) is 0.0323. The molecule has 36 heavy (non-hydrogen) atoms. The van der Waals surface area contributed by atoms with Crippen molar-refractivity contribution in [2.75, 3.05) is 0 Å². The summed E-state index contributed by atoms with van der Waals surface area (Å²) < 4.78 is 1.87. The molecular weight excluding hydrogens is 526 g/mol. The first-order valence-corrected chi connectivity index (χ1v) is 11.2. The number of hydrogen-bond acceptors (Lipinski definition) is 2. The Morgan fingerprint density at radius 1 is 0.667 bits per heavy atom. The van der Waals surface area contributed by atoms with E-state index in [0.717, 1.165) is 22.5 Å². The number of benzene rings is 1. The number of rotatable bonds is 3. The van der Waals surface area contributed by atoms with Gasteiger partial charge in [0.1, 0.15) is 0 Å². The smallest absolute Gasteiger partial charge is 0.283 e. The Hall–Kier alpha value is -3.64. The van der Waals surface area contributed by atoms with Crippen LogP contribution < -0.4 is 0 Å². The van der Waals surface area contributed by atoms with Crippen molar-refractivity contribution in [2.24, 2.45) is 0 Å². The summed E-state index contributed by atoms with van der Waals surface area (Å²) in [4.78, 5) is 0. The molecule has 0 aliphatic rings. The van der Waals surface area contributed by atoms with Crippen molar-refractivity contribution in [1.29, 1.82) is 0 Å². The van der Waals surface area contributed by atoms with E-state index in [1.807, 2.05) is 132 Å². The molecule has 0 aliphatic carbocycles. The summed E-state index contributed by atoms with van der Waals surface area (Å²) in [6.07, 6.45) is 0. The molecule has 6 aromatic rings. The maximum absolute atomic E-state index is 4.36. The average molecular weight is 551 g/mol. The van der Waals surface area contributed by atoms with Crippen LogP contribution in [0, 0.1) is 11.8 Å². The first kappa shape index (κ1) is 28.6. The maximum atomic E-state index is 4.36. The average Bonchev–Trinajstić information content (AvgIpc) is 3.73. The van der Waals surface area contributed by atoms with Gasteiger partial charge < -0.3 is 0 Å². The predicted octanol–water partition coefficient (Wildman–Crippen LogP) is 6.64. The minimum Gasteiger partial charge on any atom is -0.283 e. The molecule has 5 heteroatoms. The van der Waals surface area contributed by atoms with E-state index in [1.165, 1.54) is 5.56 Å². The Labute approximate surface area is 234 Å². The normalized spacial score (nSPS) is 9.11. The minimum atomic E-state index is 0. The van der Waals surface area contributed by atoms with Gasteiger partial charge in [0, 0.05) is 17.8 Å². The van der Waals surface area contributed by atoms with Crippen LogP contribution in [0.3, 0.4) is 0 Å². The van der Waals surface area contributed by atoms with Gasteiger partial charge in [-0.15, -0.1) is 17.7 Å². The van der Waals surface area contributed by atoms with E-state index < -0.39 is 0 Å². The van der Waals surface area contributed by atoms with E-state index in [2.05, 4.69) is 34.3 Å². The van der Waals surface area contributed by atoms with Gasteiger partial charge in [-0.05, 0) is 12.1 Å². The summed E-state index contributed by atoms with van der Waals surface area (Å²) in [6.45, 7) is 0.666. The van der Waals surface area contributed by atoms with Crippen LogP contribution in [0.1, 0.15) is 16.8 Å². The van der Waals surface area contributed by atoms with Crippen LogP contribution in [0.5, 0.6) is 0 Å². The van der Waals surface area contributed by atoms with Crippen LogP contribution in [0.4, 0.5) is 0 Å². The largest absolute Gasteiger partial charge is 2.00 e. The Morgan fingerprint density at radius 3 is 1.75 bits per heavy atom. The van der Waals surface area contributed by atoms with E-state index in [0.29, 0.717) is 6.54 Å². The molecule has 6 rings (SSSR count). The van der Waals surface area contributed by atoms with Gasteiger partial charge in [0.05, 0.1) is 5.69 Å². The third kappa shape index (κ3) is 8.86. The quantitative estimate of drug-likeness (QED) is 0.140. The van der Waals surface area contributed by atoms with Gasteiger partial charge in [0.15, 0.2) is 0 Å². The van der Waals surface area contributed by atoms with Crippen molar-refractivity contribution in [2.45, 2.75) is 6.54 Å². The zero-order valence-electron chi connectivity index (χ0n) is 19.5. The molecule has 180 valence electrons. The molecule has 0 bridgehead atoms. The third-order valence-electron chi connectivity index (χ3n) is 4.95. The predicted molar refractivity (Wildman–Crippen MR) is 139 cm³/mol. The Bertz CT molecular complexity index is 1290. The van der Waals surface area contributed by atoms with Gasteiger partial charge in [-0.1, -0.05) is 40.8 Å². The summed E-state index contributed by atoms with van der Waals surface area (Å²) in [5, 5.41) is 8.69. The van der Waals surface area contributed by atoms with Gasteiger partial charge in [-0.25, -0.2) is 36.4 Å². The summed E-state index contributed by atoms with van der Waals surface area (Å²) in [7, 11) is 0. The molecule has 0 unspecified atom stereocenters. The van der Waals surface area contributed by atoms with Gasteiger partial charge in [0.2, 0.25) is 0 Å². The summed E-state index contributed by atoms with van der Waals surface area (Å²) in [5.74, 6) is 6.49. The number of nitrogens with zero attached hydrogens (tertiary/aromatic N) is 3. The van der Waals surface area contributed by atoms with Crippen LogP contribution in [-0.4, -0.2) is 15.0 Å². The Balaban J connectivity index is 0.000000317. The van der Waals surface area contributed by atoms with E-state index in [1.54, 1.807) is 0 Å². The zero-order valence-corrected chi connectivity index (χ0v) is 21.7. The molecule has 0 radical (unpaired) electrons. The molecule has 1 heterocycles. The van der Waals surface area contributed by atoms with Crippen LogP contribution in [0.15, 0.2) is 140 Å². The number of aromatic nitrogens is 3. The first-order valence-electron chi connectivity index (χ1n) is 11.2. The standard InChI is InChI=1S/C21H15N3.2C5H5.2Fe/c1-2-8-17(9-3-1)14-15-20-21(19-12-6-7-13-19)22-23-24(20)16-18-10-4-5-11-18;2*1-2-4-5-3-1;;/h1-13H,16H2;2*1-5H;;/q-2;2*-1;2*+2. The molecule has 0 saturated carbocycles. The van der Waals surface area contributed by atoms with Gasteiger partial charge in [-0.2, -0.15) is 65.8 Å². The van der Waals surface area contributed by atoms with E-state index in [-0.39, 0.29) is 34.1 Å². The second-order valence-electron chi connectivity index (χ2n) is 7.45. The molecule has 0 aliphatic heterocycles. The van der Waals surface area contributed by atoms with Crippen LogP contribution in [-0.2, 0) is 40.7 Å². The van der Waals surface area contributed by atoms with Crippen LogP contribution in [0.2, 0.25) is 0 Å². The van der Waals surface area contributed by atoms with Crippen molar-refractivity contribution in [3.05, 3.63) is 156 Å². The van der Waals surface area contributed by atoms with Gasteiger partial charge in [-0.3, -0.25) is 4.68 Å².